The Labute approximate surface area is 120 Å². The number of imide groups is 1. The molecule has 0 N–H and O–H groups in total. The van der Waals surface area contributed by atoms with E-state index in [2.05, 4.69) is 0 Å². The Morgan fingerprint density at radius 3 is 2.89 bits per heavy atom. The molecule has 1 aromatic carbocycles. The number of ether oxygens (including phenoxy) is 1. The highest BCUT2D eigenvalue weighted by atomic mass is 35.5. The van der Waals surface area contributed by atoms with Crippen molar-refractivity contribution < 1.29 is 14.3 Å². The second kappa shape index (κ2) is 6.23. The molecule has 6 heteroatoms. The molecular weight excluding hydrogens is 286 g/mol. The smallest absolute Gasteiger partial charge is 0.293 e. The predicted molar refractivity (Wildman–Crippen MR) is 76.0 cm³/mol. The van der Waals surface area contributed by atoms with Crippen LogP contribution in [0.25, 0.3) is 6.08 Å². The van der Waals surface area contributed by atoms with E-state index in [1.54, 1.807) is 24.3 Å². The van der Waals surface area contributed by atoms with Gasteiger partial charge in [0.05, 0.1) is 18.1 Å². The van der Waals surface area contributed by atoms with Gasteiger partial charge in [0.1, 0.15) is 0 Å². The van der Waals surface area contributed by atoms with Gasteiger partial charge in [0, 0.05) is 12.1 Å². The Bertz CT molecular complexity index is 544. The zero-order chi connectivity index (χ0) is 13.8. The Kier molecular flexibility index (Phi) is 4.63. The van der Waals surface area contributed by atoms with Crippen molar-refractivity contribution in [3.05, 3.63) is 39.8 Å². The Morgan fingerprint density at radius 1 is 1.42 bits per heavy atom. The monoisotopic (exact) mass is 297 g/mol. The number of carbonyl (C=O) groups is 2. The van der Waals surface area contributed by atoms with Crippen molar-refractivity contribution in [1.29, 1.82) is 0 Å². The largest absolute Gasteiger partial charge is 0.383 e. The highest BCUT2D eigenvalue weighted by Crippen LogP contribution is 2.32. The highest BCUT2D eigenvalue weighted by molar-refractivity contribution is 8.18. The molecule has 2 amide bonds. The topological polar surface area (TPSA) is 46.6 Å². The summed E-state index contributed by atoms with van der Waals surface area (Å²) in [6.45, 7) is 0.608. The van der Waals surface area contributed by atoms with Gasteiger partial charge in [-0.2, -0.15) is 0 Å². The predicted octanol–water partition coefficient (Wildman–Crippen LogP) is 3.02. The Balaban J connectivity index is 2.18. The zero-order valence-electron chi connectivity index (χ0n) is 10.3. The third kappa shape index (κ3) is 3.37. The lowest BCUT2D eigenvalue weighted by Crippen LogP contribution is -2.31. The molecule has 0 bridgehead atoms. The van der Waals surface area contributed by atoms with E-state index >= 15 is 0 Å². The summed E-state index contributed by atoms with van der Waals surface area (Å²) in [5.41, 5.74) is 0.796. The summed E-state index contributed by atoms with van der Waals surface area (Å²) >= 11 is 6.81. The summed E-state index contributed by atoms with van der Waals surface area (Å²) in [5, 5.41) is 0.322. The van der Waals surface area contributed by atoms with E-state index in [1.807, 2.05) is 6.07 Å². The average molecular weight is 298 g/mol. The number of nitrogens with zero attached hydrogens (tertiary/aromatic N) is 1. The van der Waals surface area contributed by atoms with Crippen molar-refractivity contribution in [3.8, 4) is 0 Å². The average Bonchev–Trinajstić information content (AvgIpc) is 2.62. The van der Waals surface area contributed by atoms with Gasteiger partial charge in [0.25, 0.3) is 11.1 Å². The maximum absolute atomic E-state index is 12.0. The minimum absolute atomic E-state index is 0.268. The molecule has 0 saturated carbocycles. The first-order valence-electron chi connectivity index (χ1n) is 5.61. The number of benzene rings is 1. The number of thioether (sulfide) groups is 1. The Hall–Kier alpha value is -1.30. The zero-order valence-corrected chi connectivity index (χ0v) is 11.8. The molecule has 1 heterocycles. The first kappa shape index (κ1) is 14.1. The molecule has 0 unspecified atom stereocenters. The lowest BCUT2D eigenvalue weighted by molar-refractivity contribution is -0.123. The standard InChI is InChI=1S/C13H12ClNO3S/c1-18-6-5-15-12(16)11(19-13(15)17)8-9-3-2-4-10(14)7-9/h2-4,7-8H,5-6H2,1H3/b11-8+. The molecule has 0 aromatic heterocycles. The van der Waals surface area contributed by atoms with Gasteiger partial charge < -0.3 is 4.74 Å². The summed E-state index contributed by atoms with van der Waals surface area (Å²) < 4.78 is 4.88. The molecule has 1 fully saturated rings. The first-order valence-corrected chi connectivity index (χ1v) is 6.81. The van der Waals surface area contributed by atoms with Gasteiger partial charge in [-0.25, -0.2) is 0 Å². The number of hydrogen-bond acceptors (Lipinski definition) is 4. The van der Waals surface area contributed by atoms with Crippen LogP contribution in [0.15, 0.2) is 29.2 Å². The van der Waals surface area contributed by atoms with Crippen molar-refractivity contribution in [2.75, 3.05) is 20.3 Å². The second-order valence-corrected chi connectivity index (χ2v) is 5.31. The van der Waals surface area contributed by atoms with Crippen LogP contribution in [0, 0.1) is 0 Å². The van der Waals surface area contributed by atoms with E-state index < -0.39 is 0 Å². The third-order valence-electron chi connectivity index (χ3n) is 2.54. The maximum atomic E-state index is 12.0. The molecule has 1 aliphatic heterocycles. The van der Waals surface area contributed by atoms with Gasteiger partial charge in [-0.3, -0.25) is 14.5 Å². The lowest BCUT2D eigenvalue weighted by atomic mass is 10.2. The van der Waals surface area contributed by atoms with Crippen molar-refractivity contribution in [3.63, 3.8) is 0 Å². The summed E-state index contributed by atoms with van der Waals surface area (Å²) in [5.74, 6) is -0.285. The van der Waals surface area contributed by atoms with Crippen LogP contribution >= 0.6 is 23.4 Å². The molecule has 0 atom stereocenters. The fourth-order valence-corrected chi connectivity index (χ4v) is 2.69. The van der Waals surface area contributed by atoms with Crippen LogP contribution in [0.4, 0.5) is 4.79 Å². The number of amides is 2. The first-order chi connectivity index (χ1) is 9.11. The third-order valence-corrected chi connectivity index (χ3v) is 3.68. The minimum atomic E-state index is -0.285. The van der Waals surface area contributed by atoms with Crippen LogP contribution in [0.5, 0.6) is 0 Å². The van der Waals surface area contributed by atoms with Gasteiger partial charge in [-0.05, 0) is 35.5 Å². The van der Waals surface area contributed by atoms with E-state index in [0.717, 1.165) is 17.3 Å². The van der Waals surface area contributed by atoms with E-state index in [-0.39, 0.29) is 17.7 Å². The van der Waals surface area contributed by atoms with Crippen LogP contribution < -0.4 is 0 Å². The molecule has 1 aliphatic rings. The van der Waals surface area contributed by atoms with Gasteiger partial charge >= 0.3 is 0 Å². The van der Waals surface area contributed by atoms with Gasteiger partial charge in [-0.1, -0.05) is 23.7 Å². The normalized spacial score (nSPS) is 17.6. The van der Waals surface area contributed by atoms with Crippen LogP contribution in [0.1, 0.15) is 5.56 Å². The SMILES string of the molecule is COCCN1C(=O)S/C(=C/c2cccc(Cl)c2)C1=O. The summed E-state index contributed by atoms with van der Waals surface area (Å²) in [4.78, 5) is 25.3. The molecule has 0 radical (unpaired) electrons. The van der Waals surface area contributed by atoms with E-state index in [9.17, 15) is 9.59 Å². The highest BCUT2D eigenvalue weighted by Gasteiger charge is 2.34. The molecule has 19 heavy (non-hydrogen) atoms. The molecule has 2 rings (SSSR count). The maximum Gasteiger partial charge on any atom is 0.293 e. The van der Waals surface area contributed by atoms with E-state index in [0.29, 0.717) is 16.5 Å². The molecule has 1 saturated heterocycles. The van der Waals surface area contributed by atoms with Crippen LogP contribution in [0.3, 0.4) is 0 Å². The second-order valence-electron chi connectivity index (χ2n) is 3.88. The quantitative estimate of drug-likeness (QED) is 0.802. The molecule has 4 nitrogen and oxygen atoms in total. The summed E-state index contributed by atoms with van der Waals surface area (Å²) in [6, 6.07) is 7.12. The van der Waals surface area contributed by atoms with Crippen LogP contribution in [-0.2, 0) is 9.53 Å². The molecule has 100 valence electrons. The fraction of sp³-hybridized carbons (Fsp3) is 0.231. The van der Waals surface area contributed by atoms with Crippen molar-refractivity contribution in [2.45, 2.75) is 0 Å². The van der Waals surface area contributed by atoms with Gasteiger partial charge in [-0.15, -0.1) is 0 Å². The van der Waals surface area contributed by atoms with Gasteiger partial charge in [0.2, 0.25) is 0 Å². The fourth-order valence-electron chi connectivity index (χ4n) is 1.62. The number of carbonyl (C=O) groups excluding carboxylic acids is 2. The van der Waals surface area contributed by atoms with E-state index in [4.69, 9.17) is 16.3 Å². The van der Waals surface area contributed by atoms with Crippen molar-refractivity contribution in [2.24, 2.45) is 0 Å². The van der Waals surface area contributed by atoms with Gasteiger partial charge in [0.15, 0.2) is 0 Å². The molecular formula is C13H12ClNO3S. The lowest BCUT2D eigenvalue weighted by Gasteiger charge is -2.10. The van der Waals surface area contributed by atoms with Crippen LogP contribution in [-0.4, -0.2) is 36.3 Å². The minimum Gasteiger partial charge on any atom is -0.383 e. The number of halogens is 1. The summed E-state index contributed by atoms with van der Waals surface area (Å²) in [7, 11) is 1.53. The number of rotatable bonds is 4. The number of hydrogen-bond donors (Lipinski definition) is 0. The van der Waals surface area contributed by atoms with Crippen molar-refractivity contribution >= 4 is 40.6 Å². The Morgan fingerprint density at radius 2 is 2.21 bits per heavy atom. The molecule has 0 spiro atoms. The van der Waals surface area contributed by atoms with E-state index in [1.165, 1.54) is 12.0 Å². The number of methoxy groups -OCH3 is 1. The van der Waals surface area contributed by atoms with Crippen molar-refractivity contribution in [1.82, 2.24) is 4.90 Å². The van der Waals surface area contributed by atoms with Crippen LogP contribution in [0.2, 0.25) is 5.02 Å². The summed E-state index contributed by atoms with van der Waals surface area (Å²) in [6.07, 6.45) is 1.67. The molecule has 0 aliphatic carbocycles. The molecule has 1 aromatic rings.